The molecule has 0 amide bonds. The Hall–Kier alpha value is -4.26. The van der Waals surface area contributed by atoms with Gasteiger partial charge in [0.15, 0.2) is 5.82 Å². The molecule has 1 aliphatic heterocycles. The molecule has 0 aliphatic carbocycles. The average molecular weight is 463 g/mol. The fraction of sp³-hybridized carbons (Fsp3) is 0.214. The fourth-order valence-corrected chi connectivity index (χ4v) is 5.05. The van der Waals surface area contributed by atoms with Gasteiger partial charge in [0.05, 0.1) is 6.54 Å². The van der Waals surface area contributed by atoms with Gasteiger partial charge >= 0.3 is 0 Å². The molecule has 6 rings (SSSR count). The number of aromatic nitrogens is 5. The molecule has 174 valence electrons. The number of benzene rings is 3. The highest BCUT2D eigenvalue weighted by molar-refractivity contribution is 5.80. The van der Waals surface area contributed by atoms with Crippen molar-refractivity contribution in [3.8, 4) is 0 Å². The van der Waals surface area contributed by atoms with Crippen molar-refractivity contribution in [2.24, 2.45) is 0 Å². The lowest BCUT2D eigenvalue weighted by molar-refractivity contribution is 0.577. The Morgan fingerprint density at radius 1 is 0.971 bits per heavy atom. The van der Waals surface area contributed by atoms with Crippen LogP contribution in [0.4, 0.5) is 5.69 Å². The number of aromatic amines is 1. The first-order valence-electron chi connectivity index (χ1n) is 12.0. The SMILES string of the molecule is CCc1ccc2[nH]c(=O)c([C@@H](c3nnnn3Cc3ccccc3)N3CCc4ccccc43)cc2c1. The predicted octanol–water partition coefficient (Wildman–Crippen LogP) is 4.28. The van der Waals surface area contributed by atoms with Crippen molar-refractivity contribution < 1.29 is 0 Å². The fourth-order valence-electron chi connectivity index (χ4n) is 5.05. The van der Waals surface area contributed by atoms with Gasteiger partial charge in [-0.05, 0) is 69.6 Å². The van der Waals surface area contributed by atoms with Crippen LogP contribution in [0.2, 0.25) is 0 Å². The molecule has 7 nitrogen and oxygen atoms in total. The maximum atomic E-state index is 13.5. The lowest BCUT2D eigenvalue weighted by atomic mass is 10.0. The maximum absolute atomic E-state index is 13.5. The van der Waals surface area contributed by atoms with Crippen LogP contribution in [0.3, 0.4) is 0 Å². The number of para-hydroxylation sites is 1. The number of hydrogen-bond donors (Lipinski definition) is 1. The number of pyridine rings is 1. The smallest absolute Gasteiger partial charge is 0.254 e. The number of anilines is 1. The van der Waals surface area contributed by atoms with Gasteiger partial charge < -0.3 is 9.88 Å². The summed E-state index contributed by atoms with van der Waals surface area (Å²) in [6, 6.07) is 26.3. The van der Waals surface area contributed by atoms with Crippen molar-refractivity contribution in [1.29, 1.82) is 0 Å². The molecule has 0 saturated heterocycles. The molecule has 0 fully saturated rings. The van der Waals surface area contributed by atoms with E-state index >= 15 is 0 Å². The van der Waals surface area contributed by atoms with Crippen molar-refractivity contribution in [2.45, 2.75) is 32.4 Å². The number of H-pyrrole nitrogens is 1. The third-order valence-corrected chi connectivity index (χ3v) is 6.85. The largest absolute Gasteiger partial charge is 0.357 e. The summed E-state index contributed by atoms with van der Waals surface area (Å²) < 4.78 is 1.81. The molecule has 0 bridgehead atoms. The van der Waals surface area contributed by atoms with E-state index in [9.17, 15) is 4.79 Å². The van der Waals surface area contributed by atoms with E-state index in [1.165, 1.54) is 11.1 Å². The molecule has 3 aromatic carbocycles. The van der Waals surface area contributed by atoms with E-state index < -0.39 is 6.04 Å². The summed E-state index contributed by atoms with van der Waals surface area (Å²) >= 11 is 0. The van der Waals surface area contributed by atoms with Gasteiger partial charge in [-0.25, -0.2) is 4.68 Å². The quantitative estimate of drug-likeness (QED) is 0.408. The Morgan fingerprint density at radius 3 is 2.66 bits per heavy atom. The molecule has 0 spiro atoms. The Bertz CT molecular complexity index is 1560. The van der Waals surface area contributed by atoms with Crippen LogP contribution in [0.5, 0.6) is 0 Å². The van der Waals surface area contributed by atoms with Gasteiger partial charge in [-0.15, -0.1) is 5.10 Å². The van der Waals surface area contributed by atoms with Crippen molar-refractivity contribution in [2.75, 3.05) is 11.4 Å². The highest BCUT2D eigenvalue weighted by Crippen LogP contribution is 2.37. The molecular formula is C28H26N6O. The Labute approximate surface area is 203 Å². The minimum absolute atomic E-state index is 0.120. The number of aryl methyl sites for hydroxylation is 1. The van der Waals surface area contributed by atoms with Gasteiger partial charge in [-0.1, -0.05) is 61.5 Å². The number of nitrogens with zero attached hydrogens (tertiary/aromatic N) is 5. The van der Waals surface area contributed by atoms with E-state index in [1.54, 1.807) is 0 Å². The molecule has 0 unspecified atom stereocenters. The summed E-state index contributed by atoms with van der Waals surface area (Å²) in [5.41, 5.74) is 6.07. The van der Waals surface area contributed by atoms with E-state index in [4.69, 9.17) is 0 Å². The maximum Gasteiger partial charge on any atom is 0.254 e. The second-order valence-electron chi connectivity index (χ2n) is 8.98. The molecule has 7 heteroatoms. The first-order chi connectivity index (χ1) is 17.2. The van der Waals surface area contributed by atoms with Crippen molar-refractivity contribution in [3.63, 3.8) is 0 Å². The summed E-state index contributed by atoms with van der Waals surface area (Å²) in [7, 11) is 0. The second kappa shape index (κ2) is 8.83. The van der Waals surface area contributed by atoms with Crippen molar-refractivity contribution in [3.05, 3.63) is 117 Å². The molecule has 0 saturated carbocycles. The van der Waals surface area contributed by atoms with E-state index in [0.29, 0.717) is 17.9 Å². The van der Waals surface area contributed by atoms with Crippen LogP contribution in [0.15, 0.2) is 83.7 Å². The van der Waals surface area contributed by atoms with E-state index in [2.05, 4.69) is 74.8 Å². The molecule has 35 heavy (non-hydrogen) atoms. The first-order valence-corrected chi connectivity index (χ1v) is 12.0. The molecule has 1 N–H and O–H groups in total. The molecule has 3 heterocycles. The van der Waals surface area contributed by atoms with Crippen LogP contribution in [0.25, 0.3) is 10.9 Å². The van der Waals surface area contributed by atoms with Gasteiger partial charge in [0.25, 0.3) is 5.56 Å². The van der Waals surface area contributed by atoms with Crippen LogP contribution < -0.4 is 10.5 Å². The minimum atomic E-state index is -0.421. The minimum Gasteiger partial charge on any atom is -0.357 e. The number of nitrogens with one attached hydrogen (secondary N) is 1. The van der Waals surface area contributed by atoms with Gasteiger partial charge in [0.2, 0.25) is 0 Å². The highest BCUT2D eigenvalue weighted by atomic mass is 16.1. The van der Waals surface area contributed by atoms with Crippen LogP contribution in [0.1, 0.15) is 41.0 Å². The Kier molecular flexibility index (Phi) is 5.37. The summed E-state index contributed by atoms with van der Waals surface area (Å²) in [6.45, 7) is 3.45. The topological polar surface area (TPSA) is 79.7 Å². The standard InChI is InChI=1S/C28H26N6O/c1-2-19-12-13-24-22(16-19)17-23(28(35)29-24)26(33-15-14-21-10-6-7-11-25(21)33)27-30-31-32-34(27)18-20-8-4-3-5-9-20/h3-13,16-17,26H,2,14-15,18H2,1H3,(H,29,35)/t26-/m0/s1. The molecule has 2 aromatic heterocycles. The number of fused-ring (bicyclic) bond motifs is 2. The van der Waals surface area contributed by atoms with Gasteiger partial charge in [0.1, 0.15) is 6.04 Å². The summed E-state index contributed by atoms with van der Waals surface area (Å²) in [5, 5.41) is 13.8. The second-order valence-corrected chi connectivity index (χ2v) is 8.98. The number of rotatable bonds is 6. The zero-order valence-electron chi connectivity index (χ0n) is 19.6. The summed E-state index contributed by atoms with van der Waals surface area (Å²) in [4.78, 5) is 18.9. The molecule has 0 radical (unpaired) electrons. The summed E-state index contributed by atoms with van der Waals surface area (Å²) in [5.74, 6) is 0.655. The summed E-state index contributed by atoms with van der Waals surface area (Å²) in [6.07, 6.45) is 1.85. The molecular weight excluding hydrogens is 436 g/mol. The Balaban J connectivity index is 1.53. The normalized spacial score (nSPS) is 13.8. The van der Waals surface area contributed by atoms with Gasteiger partial charge in [-0.2, -0.15) is 0 Å². The van der Waals surface area contributed by atoms with Gasteiger partial charge in [0, 0.05) is 23.3 Å². The highest BCUT2D eigenvalue weighted by Gasteiger charge is 2.34. The number of hydrogen-bond acceptors (Lipinski definition) is 5. The molecule has 1 atom stereocenters. The predicted molar refractivity (Wildman–Crippen MR) is 137 cm³/mol. The van der Waals surface area contributed by atoms with Crippen LogP contribution in [0, 0.1) is 0 Å². The van der Waals surface area contributed by atoms with Gasteiger partial charge in [-0.3, -0.25) is 4.79 Å². The average Bonchev–Trinajstić information content (AvgIpc) is 3.53. The lowest BCUT2D eigenvalue weighted by Crippen LogP contribution is -2.34. The lowest BCUT2D eigenvalue weighted by Gasteiger charge is -2.29. The first kappa shape index (κ1) is 21.3. The van der Waals surface area contributed by atoms with Crippen molar-refractivity contribution >= 4 is 16.6 Å². The van der Waals surface area contributed by atoms with E-state index in [0.717, 1.165) is 41.5 Å². The third kappa shape index (κ3) is 3.89. The Morgan fingerprint density at radius 2 is 1.80 bits per heavy atom. The molecule has 5 aromatic rings. The van der Waals surface area contributed by atoms with Crippen LogP contribution in [-0.4, -0.2) is 31.7 Å². The zero-order valence-corrected chi connectivity index (χ0v) is 19.6. The third-order valence-electron chi connectivity index (χ3n) is 6.85. The monoisotopic (exact) mass is 462 g/mol. The van der Waals surface area contributed by atoms with Crippen molar-refractivity contribution in [1.82, 2.24) is 25.2 Å². The van der Waals surface area contributed by atoms with E-state index in [1.807, 2.05) is 41.1 Å². The van der Waals surface area contributed by atoms with Crippen LogP contribution in [-0.2, 0) is 19.4 Å². The number of tetrazole rings is 1. The van der Waals surface area contributed by atoms with E-state index in [-0.39, 0.29) is 5.56 Å². The zero-order chi connectivity index (χ0) is 23.8. The molecule has 1 aliphatic rings. The van der Waals surface area contributed by atoms with Crippen LogP contribution >= 0.6 is 0 Å².